The molecular formula is C19H26N2O3. The molecule has 1 aromatic carbocycles. The van der Waals surface area contributed by atoms with E-state index in [2.05, 4.69) is 32.7 Å². The van der Waals surface area contributed by atoms with E-state index >= 15 is 0 Å². The zero-order valence-corrected chi connectivity index (χ0v) is 14.7. The Hall–Kier alpha value is -2.30. The van der Waals surface area contributed by atoms with E-state index in [1.54, 1.807) is 30.3 Å². The third-order valence-corrected chi connectivity index (χ3v) is 3.68. The highest BCUT2D eigenvalue weighted by Gasteiger charge is 2.32. The maximum absolute atomic E-state index is 12.4. The van der Waals surface area contributed by atoms with Crippen molar-refractivity contribution in [3.63, 3.8) is 0 Å². The molecule has 2 rings (SSSR count). The highest BCUT2D eigenvalue weighted by Crippen LogP contribution is 2.21. The van der Waals surface area contributed by atoms with Crippen LogP contribution in [0.3, 0.4) is 0 Å². The maximum Gasteiger partial charge on any atom is 0.251 e. The van der Waals surface area contributed by atoms with Crippen molar-refractivity contribution in [1.82, 2.24) is 10.2 Å². The summed E-state index contributed by atoms with van der Waals surface area (Å²) in [6, 6.07) is 6.86. The minimum Gasteiger partial charge on any atom is -0.490 e. The van der Waals surface area contributed by atoms with Crippen LogP contribution in [0.15, 0.2) is 36.9 Å². The van der Waals surface area contributed by atoms with Crippen LogP contribution >= 0.6 is 0 Å². The minimum atomic E-state index is -0.186. The van der Waals surface area contributed by atoms with Gasteiger partial charge < -0.3 is 15.0 Å². The van der Waals surface area contributed by atoms with E-state index in [1.165, 1.54) is 0 Å². The molecule has 1 aliphatic heterocycles. The summed E-state index contributed by atoms with van der Waals surface area (Å²) in [6.07, 6.45) is 2.01. The molecule has 24 heavy (non-hydrogen) atoms. The molecule has 0 unspecified atom stereocenters. The van der Waals surface area contributed by atoms with Gasteiger partial charge in [-0.05, 0) is 23.6 Å². The van der Waals surface area contributed by atoms with E-state index in [9.17, 15) is 9.59 Å². The number of carbonyl (C=O) groups is 2. The maximum atomic E-state index is 12.4. The average Bonchev–Trinajstić information content (AvgIpc) is 2.83. The number of rotatable bonds is 6. The fourth-order valence-corrected chi connectivity index (χ4v) is 2.75. The predicted molar refractivity (Wildman–Crippen MR) is 94.0 cm³/mol. The van der Waals surface area contributed by atoms with Gasteiger partial charge in [-0.1, -0.05) is 39.5 Å². The summed E-state index contributed by atoms with van der Waals surface area (Å²) < 4.78 is 5.44. The molecule has 2 amide bonds. The summed E-state index contributed by atoms with van der Waals surface area (Å²) in [4.78, 5) is 26.3. The average molecular weight is 330 g/mol. The molecule has 1 N–H and O–H groups in total. The van der Waals surface area contributed by atoms with Crippen LogP contribution in [-0.4, -0.2) is 42.5 Å². The van der Waals surface area contributed by atoms with Gasteiger partial charge in [-0.3, -0.25) is 9.59 Å². The number of amides is 2. The van der Waals surface area contributed by atoms with E-state index < -0.39 is 0 Å². The predicted octanol–water partition coefficient (Wildman–Crippen LogP) is 2.63. The van der Waals surface area contributed by atoms with Crippen molar-refractivity contribution < 1.29 is 14.3 Å². The second-order valence-electron chi connectivity index (χ2n) is 7.34. The van der Waals surface area contributed by atoms with Crippen LogP contribution in [0.1, 0.15) is 37.6 Å². The largest absolute Gasteiger partial charge is 0.490 e. The van der Waals surface area contributed by atoms with Crippen LogP contribution in [0.4, 0.5) is 0 Å². The van der Waals surface area contributed by atoms with Crippen molar-refractivity contribution in [2.24, 2.45) is 5.41 Å². The Bertz CT molecular complexity index is 619. The Balaban J connectivity index is 1.95. The number of hydrogen-bond donors (Lipinski definition) is 1. The zero-order valence-electron chi connectivity index (χ0n) is 14.7. The van der Waals surface area contributed by atoms with Crippen LogP contribution in [0.5, 0.6) is 5.75 Å². The topological polar surface area (TPSA) is 58.6 Å². The minimum absolute atomic E-state index is 0.0470. The molecule has 0 saturated carbocycles. The summed E-state index contributed by atoms with van der Waals surface area (Å²) in [6.45, 7) is 11.5. The first-order valence-corrected chi connectivity index (χ1v) is 8.21. The zero-order chi connectivity index (χ0) is 17.7. The normalized spacial score (nSPS) is 17.7. The second kappa shape index (κ2) is 7.51. The van der Waals surface area contributed by atoms with Crippen molar-refractivity contribution in [3.05, 3.63) is 42.5 Å². The van der Waals surface area contributed by atoms with Gasteiger partial charge in [0, 0.05) is 25.1 Å². The van der Waals surface area contributed by atoms with E-state index in [0.29, 0.717) is 37.4 Å². The molecule has 1 heterocycles. The molecular weight excluding hydrogens is 304 g/mol. The van der Waals surface area contributed by atoms with Crippen LogP contribution in [0.2, 0.25) is 0 Å². The highest BCUT2D eigenvalue weighted by atomic mass is 16.5. The summed E-state index contributed by atoms with van der Waals surface area (Å²) in [5.41, 5.74) is 0.573. The molecule has 0 aromatic heterocycles. The first kappa shape index (κ1) is 18.0. The third kappa shape index (κ3) is 5.11. The number of nitrogens with zero attached hydrogens (tertiary/aromatic N) is 1. The van der Waals surface area contributed by atoms with E-state index in [-0.39, 0.29) is 23.3 Å². The molecule has 1 saturated heterocycles. The number of ether oxygens (including phenoxy) is 1. The van der Waals surface area contributed by atoms with Crippen molar-refractivity contribution in [2.45, 2.75) is 33.2 Å². The number of hydrogen-bond acceptors (Lipinski definition) is 3. The number of benzene rings is 1. The van der Waals surface area contributed by atoms with Crippen molar-refractivity contribution in [2.75, 3.05) is 19.7 Å². The lowest BCUT2D eigenvalue weighted by Gasteiger charge is -2.26. The lowest BCUT2D eigenvalue weighted by molar-refractivity contribution is -0.128. The van der Waals surface area contributed by atoms with Gasteiger partial charge in [0.25, 0.3) is 5.91 Å². The van der Waals surface area contributed by atoms with E-state index in [4.69, 9.17) is 4.74 Å². The summed E-state index contributed by atoms with van der Waals surface area (Å²) in [5.74, 6) is 0.534. The second-order valence-corrected chi connectivity index (χ2v) is 7.34. The quantitative estimate of drug-likeness (QED) is 0.816. The smallest absolute Gasteiger partial charge is 0.251 e. The van der Waals surface area contributed by atoms with Gasteiger partial charge in [-0.2, -0.15) is 0 Å². The van der Waals surface area contributed by atoms with Crippen molar-refractivity contribution >= 4 is 11.8 Å². The number of carbonyl (C=O) groups excluding carboxylic acids is 2. The van der Waals surface area contributed by atoms with Crippen molar-refractivity contribution in [1.29, 1.82) is 0 Å². The summed E-state index contributed by atoms with van der Waals surface area (Å²) in [7, 11) is 0. The van der Waals surface area contributed by atoms with Crippen LogP contribution in [0, 0.1) is 5.41 Å². The van der Waals surface area contributed by atoms with Gasteiger partial charge in [0.1, 0.15) is 12.4 Å². The van der Waals surface area contributed by atoms with Crippen LogP contribution in [-0.2, 0) is 4.79 Å². The molecule has 5 heteroatoms. The van der Waals surface area contributed by atoms with E-state index in [1.807, 2.05) is 4.90 Å². The third-order valence-electron chi connectivity index (χ3n) is 3.68. The first-order chi connectivity index (χ1) is 11.3. The molecule has 1 aliphatic rings. The molecule has 0 aliphatic carbocycles. The molecule has 1 fully saturated rings. The van der Waals surface area contributed by atoms with Gasteiger partial charge >= 0.3 is 0 Å². The first-order valence-electron chi connectivity index (χ1n) is 8.21. The molecule has 1 atom stereocenters. The van der Waals surface area contributed by atoms with Gasteiger partial charge in [0.15, 0.2) is 0 Å². The Morgan fingerprint density at radius 2 is 2.21 bits per heavy atom. The summed E-state index contributed by atoms with van der Waals surface area (Å²) in [5, 5.41) is 2.95. The molecule has 0 bridgehead atoms. The molecule has 0 spiro atoms. The highest BCUT2D eigenvalue weighted by molar-refractivity contribution is 5.95. The number of nitrogens with one attached hydrogen (secondary N) is 1. The lowest BCUT2D eigenvalue weighted by Crippen LogP contribution is -2.39. The Morgan fingerprint density at radius 1 is 1.46 bits per heavy atom. The SMILES string of the molecule is C=CCOc1cccc(C(=O)N[C@@H]2CC(=O)N(CC(C)(C)C)C2)c1. The molecule has 1 aromatic rings. The summed E-state index contributed by atoms with van der Waals surface area (Å²) >= 11 is 0. The fraction of sp³-hybridized carbons (Fsp3) is 0.474. The van der Waals surface area contributed by atoms with Gasteiger partial charge in [0.2, 0.25) is 5.91 Å². The molecule has 5 nitrogen and oxygen atoms in total. The Morgan fingerprint density at radius 3 is 2.88 bits per heavy atom. The Kier molecular flexibility index (Phi) is 5.65. The van der Waals surface area contributed by atoms with Gasteiger partial charge in [-0.25, -0.2) is 0 Å². The van der Waals surface area contributed by atoms with Crippen LogP contribution in [0.25, 0.3) is 0 Å². The van der Waals surface area contributed by atoms with Gasteiger partial charge in [0.05, 0.1) is 6.04 Å². The van der Waals surface area contributed by atoms with Gasteiger partial charge in [-0.15, -0.1) is 0 Å². The standard InChI is InChI=1S/C19H26N2O3/c1-5-9-24-16-8-6-7-14(10-16)18(23)20-15-11-17(22)21(12-15)13-19(2,3)4/h5-8,10,15H,1,9,11-13H2,2-4H3,(H,20,23)/t15-/m1/s1. The Labute approximate surface area is 143 Å². The van der Waals surface area contributed by atoms with Crippen molar-refractivity contribution in [3.8, 4) is 5.75 Å². The number of likely N-dealkylation sites (tertiary alicyclic amines) is 1. The molecule has 130 valence electrons. The molecule has 0 radical (unpaired) electrons. The van der Waals surface area contributed by atoms with Crippen LogP contribution < -0.4 is 10.1 Å². The fourth-order valence-electron chi connectivity index (χ4n) is 2.75. The monoisotopic (exact) mass is 330 g/mol. The van der Waals surface area contributed by atoms with E-state index in [0.717, 1.165) is 0 Å². The lowest BCUT2D eigenvalue weighted by atomic mass is 9.96.